The molecule has 1 aliphatic rings. The highest BCUT2D eigenvalue weighted by molar-refractivity contribution is 6.31. The van der Waals surface area contributed by atoms with Crippen LogP contribution in [0.1, 0.15) is 25.0 Å². The Kier molecular flexibility index (Phi) is 2.46. The molecule has 0 aromatic carbocycles. The van der Waals surface area contributed by atoms with Gasteiger partial charge in [0, 0.05) is 12.0 Å². The number of aliphatic carboxylic acids is 1. The Morgan fingerprint density at radius 2 is 2.40 bits per heavy atom. The minimum absolute atomic E-state index is 0.0774. The van der Waals surface area contributed by atoms with Gasteiger partial charge in [-0.05, 0) is 19.8 Å². The molecule has 1 aromatic heterocycles. The van der Waals surface area contributed by atoms with Crippen molar-refractivity contribution in [1.82, 2.24) is 9.78 Å². The number of nitrogens with zero attached hydrogens (tertiary/aromatic N) is 2. The van der Waals surface area contributed by atoms with Crippen molar-refractivity contribution in [2.45, 2.75) is 32.7 Å². The zero-order valence-corrected chi connectivity index (χ0v) is 9.29. The van der Waals surface area contributed by atoms with Gasteiger partial charge in [0.15, 0.2) is 0 Å². The highest BCUT2D eigenvalue weighted by Gasteiger charge is 2.45. The van der Waals surface area contributed by atoms with E-state index in [1.54, 1.807) is 10.9 Å². The molecule has 5 heteroatoms. The fourth-order valence-corrected chi connectivity index (χ4v) is 1.93. The van der Waals surface area contributed by atoms with E-state index in [0.29, 0.717) is 11.6 Å². The van der Waals surface area contributed by atoms with Crippen LogP contribution in [0.25, 0.3) is 0 Å². The lowest BCUT2D eigenvalue weighted by Crippen LogP contribution is -2.17. The van der Waals surface area contributed by atoms with Crippen LogP contribution < -0.4 is 0 Å². The Morgan fingerprint density at radius 3 is 2.80 bits per heavy atom. The van der Waals surface area contributed by atoms with E-state index in [4.69, 9.17) is 16.7 Å². The van der Waals surface area contributed by atoms with E-state index >= 15 is 0 Å². The Labute approximate surface area is 92.8 Å². The lowest BCUT2D eigenvalue weighted by Gasteiger charge is -2.13. The van der Waals surface area contributed by atoms with E-state index in [1.165, 1.54) is 0 Å². The average Bonchev–Trinajstić information content (AvgIpc) is 2.82. The first-order chi connectivity index (χ1) is 7.02. The number of carboxylic acids is 1. The summed E-state index contributed by atoms with van der Waals surface area (Å²) in [6.07, 6.45) is 3.77. The summed E-state index contributed by atoms with van der Waals surface area (Å²) in [5.41, 5.74) is 0.833. The van der Waals surface area contributed by atoms with Crippen LogP contribution in [0.5, 0.6) is 0 Å². The van der Waals surface area contributed by atoms with Crippen molar-refractivity contribution in [3.8, 4) is 0 Å². The summed E-state index contributed by atoms with van der Waals surface area (Å²) in [5, 5.41) is 13.6. The van der Waals surface area contributed by atoms with E-state index < -0.39 is 5.97 Å². The van der Waals surface area contributed by atoms with Crippen LogP contribution in [0.4, 0.5) is 0 Å². The molecule has 1 aliphatic carbocycles. The van der Waals surface area contributed by atoms with Gasteiger partial charge in [0.1, 0.15) is 0 Å². The van der Waals surface area contributed by atoms with Crippen LogP contribution in [0.2, 0.25) is 5.02 Å². The third-order valence-corrected chi connectivity index (χ3v) is 3.38. The van der Waals surface area contributed by atoms with Crippen molar-refractivity contribution in [3.63, 3.8) is 0 Å². The Hall–Kier alpha value is -1.03. The second-order valence-corrected chi connectivity index (χ2v) is 4.71. The first-order valence-electron chi connectivity index (χ1n) is 4.92. The lowest BCUT2D eigenvalue weighted by molar-refractivity contribution is -0.138. The normalized spacial score (nSPS) is 17.7. The quantitative estimate of drug-likeness (QED) is 0.859. The highest BCUT2D eigenvalue weighted by Crippen LogP contribution is 2.50. The monoisotopic (exact) mass is 228 g/mol. The summed E-state index contributed by atoms with van der Waals surface area (Å²) in [6.45, 7) is 2.56. The molecule has 0 amide bonds. The predicted molar refractivity (Wildman–Crippen MR) is 55.9 cm³/mol. The number of hydrogen-bond donors (Lipinski definition) is 1. The van der Waals surface area contributed by atoms with Crippen LogP contribution >= 0.6 is 11.6 Å². The van der Waals surface area contributed by atoms with Gasteiger partial charge >= 0.3 is 5.97 Å². The van der Waals surface area contributed by atoms with Crippen molar-refractivity contribution in [3.05, 3.63) is 16.9 Å². The van der Waals surface area contributed by atoms with Gasteiger partial charge in [-0.25, -0.2) is 0 Å². The molecule has 0 aliphatic heterocycles. The van der Waals surface area contributed by atoms with E-state index in [1.807, 2.05) is 6.92 Å². The van der Waals surface area contributed by atoms with Gasteiger partial charge in [0.2, 0.25) is 0 Å². The first kappa shape index (κ1) is 10.5. The van der Waals surface area contributed by atoms with E-state index in [0.717, 1.165) is 18.5 Å². The summed E-state index contributed by atoms with van der Waals surface area (Å²) in [4.78, 5) is 10.7. The summed E-state index contributed by atoms with van der Waals surface area (Å²) in [5.74, 6) is -0.733. The van der Waals surface area contributed by atoms with Crippen LogP contribution in [0.15, 0.2) is 6.20 Å². The minimum atomic E-state index is -0.733. The summed E-state index contributed by atoms with van der Waals surface area (Å²) in [7, 11) is 0. The zero-order chi connectivity index (χ0) is 11.1. The lowest BCUT2D eigenvalue weighted by atomic mass is 10.0. The second-order valence-electron chi connectivity index (χ2n) is 4.31. The van der Waals surface area contributed by atoms with Crippen molar-refractivity contribution in [1.29, 1.82) is 0 Å². The molecule has 1 saturated carbocycles. The van der Waals surface area contributed by atoms with Gasteiger partial charge in [-0.3, -0.25) is 9.48 Å². The van der Waals surface area contributed by atoms with Gasteiger partial charge < -0.3 is 5.11 Å². The molecule has 15 heavy (non-hydrogen) atoms. The third-order valence-electron chi connectivity index (χ3n) is 3.01. The first-order valence-corrected chi connectivity index (χ1v) is 5.30. The largest absolute Gasteiger partial charge is 0.481 e. The molecule has 0 radical (unpaired) electrons. The van der Waals surface area contributed by atoms with Crippen LogP contribution in [-0.4, -0.2) is 20.9 Å². The van der Waals surface area contributed by atoms with Crippen LogP contribution in [0, 0.1) is 12.3 Å². The van der Waals surface area contributed by atoms with Crippen molar-refractivity contribution < 1.29 is 9.90 Å². The molecule has 0 atom stereocenters. The van der Waals surface area contributed by atoms with Gasteiger partial charge in [0.05, 0.1) is 23.3 Å². The molecule has 0 saturated heterocycles. The number of halogens is 1. The zero-order valence-electron chi connectivity index (χ0n) is 8.53. The van der Waals surface area contributed by atoms with Crippen molar-refractivity contribution in [2.24, 2.45) is 5.41 Å². The molecule has 1 N–H and O–H groups in total. The van der Waals surface area contributed by atoms with Crippen LogP contribution in [0.3, 0.4) is 0 Å². The summed E-state index contributed by atoms with van der Waals surface area (Å²) in [6, 6.07) is 0. The molecule has 0 spiro atoms. The number of carbonyl (C=O) groups is 1. The third kappa shape index (κ3) is 2.15. The van der Waals surface area contributed by atoms with Crippen molar-refractivity contribution >= 4 is 17.6 Å². The number of aromatic nitrogens is 2. The van der Waals surface area contributed by atoms with Gasteiger partial charge in [-0.2, -0.15) is 5.10 Å². The maximum atomic E-state index is 10.7. The van der Waals surface area contributed by atoms with Gasteiger partial charge in [-0.1, -0.05) is 11.6 Å². The predicted octanol–water partition coefficient (Wildman–Crippen LogP) is 2.10. The van der Waals surface area contributed by atoms with Gasteiger partial charge in [0.25, 0.3) is 0 Å². The summed E-state index contributed by atoms with van der Waals surface area (Å²) >= 11 is 5.88. The molecule has 1 fully saturated rings. The highest BCUT2D eigenvalue weighted by atomic mass is 35.5. The van der Waals surface area contributed by atoms with Gasteiger partial charge in [-0.15, -0.1) is 0 Å². The molecule has 4 nitrogen and oxygen atoms in total. The molecule has 1 heterocycles. The molecule has 1 aromatic rings. The Balaban J connectivity index is 2.09. The van der Waals surface area contributed by atoms with Crippen LogP contribution in [-0.2, 0) is 11.3 Å². The van der Waals surface area contributed by atoms with E-state index in [9.17, 15) is 4.79 Å². The summed E-state index contributed by atoms with van der Waals surface area (Å²) < 4.78 is 1.80. The standard InChI is InChI=1S/C10H13ClN2O2/c1-7-8(11)5-12-13(7)6-10(2-3-10)4-9(14)15/h5H,2-4,6H2,1H3,(H,14,15). The maximum Gasteiger partial charge on any atom is 0.303 e. The molecule has 0 unspecified atom stereocenters. The van der Waals surface area contributed by atoms with E-state index in [-0.39, 0.29) is 11.8 Å². The Bertz CT molecular complexity index is 396. The minimum Gasteiger partial charge on any atom is -0.481 e. The molecule has 2 rings (SSSR count). The van der Waals surface area contributed by atoms with E-state index in [2.05, 4.69) is 5.10 Å². The SMILES string of the molecule is Cc1c(Cl)cnn1CC1(CC(=O)O)CC1. The average molecular weight is 229 g/mol. The fraction of sp³-hybridized carbons (Fsp3) is 0.600. The number of rotatable bonds is 4. The smallest absolute Gasteiger partial charge is 0.303 e. The second kappa shape index (κ2) is 3.52. The molecule has 82 valence electrons. The topological polar surface area (TPSA) is 55.1 Å². The molecule has 0 bridgehead atoms. The fourth-order valence-electron chi connectivity index (χ4n) is 1.79. The maximum absolute atomic E-state index is 10.7. The molecular weight excluding hydrogens is 216 g/mol. The Morgan fingerprint density at radius 1 is 1.73 bits per heavy atom. The number of carboxylic acid groups (broad SMARTS) is 1. The number of hydrogen-bond acceptors (Lipinski definition) is 2. The molecular formula is C10H13ClN2O2. The van der Waals surface area contributed by atoms with Crippen molar-refractivity contribution in [2.75, 3.05) is 0 Å².